The van der Waals surface area contributed by atoms with Crippen molar-refractivity contribution in [3.8, 4) is 17.2 Å². The van der Waals surface area contributed by atoms with Gasteiger partial charge in [-0.05, 0) is 52.7 Å². The Bertz CT molecular complexity index is 973. The molecule has 0 aliphatic carbocycles. The van der Waals surface area contributed by atoms with E-state index in [1.165, 1.54) is 0 Å². The second-order valence-corrected chi connectivity index (χ2v) is 6.82. The smallest absolute Gasteiger partial charge is 0.258 e. The zero-order valence-corrected chi connectivity index (χ0v) is 15.4. The molecule has 1 aliphatic heterocycles. The van der Waals surface area contributed by atoms with E-state index in [0.29, 0.717) is 18.0 Å². The average Bonchev–Trinajstić information content (AvgIpc) is 3.12. The Hall–Kier alpha value is -2.73. The van der Waals surface area contributed by atoms with Crippen molar-refractivity contribution in [2.24, 2.45) is 0 Å². The molecule has 0 aromatic heterocycles. The first-order chi connectivity index (χ1) is 12.7. The first kappa shape index (κ1) is 16.7. The maximum Gasteiger partial charge on any atom is 0.258 e. The monoisotopic (exact) mass is 413 g/mol. The van der Waals surface area contributed by atoms with E-state index in [1.807, 2.05) is 54.6 Å². The van der Waals surface area contributed by atoms with E-state index in [9.17, 15) is 4.79 Å². The maximum atomic E-state index is 12.0. The van der Waals surface area contributed by atoms with Crippen molar-refractivity contribution < 1.29 is 19.0 Å². The van der Waals surface area contributed by atoms with Gasteiger partial charge < -0.3 is 19.5 Å². The van der Waals surface area contributed by atoms with E-state index in [-0.39, 0.29) is 19.3 Å². The summed E-state index contributed by atoms with van der Waals surface area (Å²) in [5, 5.41) is 5.01. The van der Waals surface area contributed by atoms with Gasteiger partial charge in [0.2, 0.25) is 6.79 Å². The summed E-state index contributed by atoms with van der Waals surface area (Å²) in [6.45, 7) is 0.610. The lowest BCUT2D eigenvalue weighted by atomic mass is 10.1. The predicted molar refractivity (Wildman–Crippen MR) is 102 cm³/mol. The maximum absolute atomic E-state index is 12.0. The number of carbonyl (C=O) groups excluding carboxylic acids is 1. The summed E-state index contributed by atoms with van der Waals surface area (Å²) in [7, 11) is 0. The van der Waals surface area contributed by atoms with Crippen LogP contribution in [0.4, 0.5) is 0 Å². The molecule has 3 aromatic rings. The van der Waals surface area contributed by atoms with Gasteiger partial charge in [-0.2, -0.15) is 0 Å². The molecule has 6 heteroatoms. The lowest BCUT2D eigenvalue weighted by molar-refractivity contribution is -0.123. The molecule has 132 valence electrons. The number of amides is 1. The third kappa shape index (κ3) is 3.75. The summed E-state index contributed by atoms with van der Waals surface area (Å²) in [5.41, 5.74) is 0.943. The van der Waals surface area contributed by atoms with E-state index in [1.54, 1.807) is 0 Å². The van der Waals surface area contributed by atoms with Gasteiger partial charge in [0.15, 0.2) is 18.1 Å². The normalized spacial score (nSPS) is 12.2. The highest BCUT2D eigenvalue weighted by Crippen LogP contribution is 2.32. The zero-order valence-electron chi connectivity index (χ0n) is 13.8. The van der Waals surface area contributed by atoms with Gasteiger partial charge in [0.25, 0.3) is 5.91 Å². The molecular weight excluding hydrogens is 398 g/mol. The molecule has 0 fully saturated rings. The standard InChI is InChI=1S/C20H16BrNO4/c21-16-4-2-15-9-17(5-3-14(15)8-16)24-11-20(23)22-10-13-1-6-18-19(7-13)26-12-25-18/h1-9H,10-12H2,(H,22,23). The lowest BCUT2D eigenvalue weighted by Crippen LogP contribution is -2.28. The quantitative estimate of drug-likeness (QED) is 0.685. The van der Waals surface area contributed by atoms with Gasteiger partial charge in [-0.1, -0.05) is 34.1 Å². The first-order valence-corrected chi connectivity index (χ1v) is 8.94. The van der Waals surface area contributed by atoms with Gasteiger partial charge in [-0.15, -0.1) is 0 Å². The van der Waals surface area contributed by atoms with Crippen LogP contribution in [0, 0.1) is 0 Å². The highest BCUT2D eigenvalue weighted by molar-refractivity contribution is 9.10. The van der Waals surface area contributed by atoms with Crippen molar-refractivity contribution in [3.63, 3.8) is 0 Å². The highest BCUT2D eigenvalue weighted by Gasteiger charge is 2.13. The van der Waals surface area contributed by atoms with Gasteiger partial charge in [-0.25, -0.2) is 0 Å². The Morgan fingerprint density at radius 1 is 1.00 bits per heavy atom. The summed E-state index contributed by atoms with van der Waals surface area (Å²) in [6, 6.07) is 17.4. The van der Waals surface area contributed by atoms with Crippen LogP contribution < -0.4 is 19.5 Å². The number of rotatable bonds is 5. The van der Waals surface area contributed by atoms with Crippen molar-refractivity contribution >= 4 is 32.6 Å². The summed E-state index contributed by atoms with van der Waals surface area (Å²) in [4.78, 5) is 12.0. The first-order valence-electron chi connectivity index (χ1n) is 8.15. The van der Waals surface area contributed by atoms with Gasteiger partial charge in [0.1, 0.15) is 5.75 Å². The van der Waals surface area contributed by atoms with Gasteiger partial charge >= 0.3 is 0 Å². The molecule has 0 atom stereocenters. The number of nitrogens with one attached hydrogen (secondary N) is 1. The molecule has 1 heterocycles. The topological polar surface area (TPSA) is 56.8 Å². The molecule has 0 saturated carbocycles. The number of fused-ring (bicyclic) bond motifs is 2. The van der Waals surface area contributed by atoms with Gasteiger partial charge in [0.05, 0.1) is 0 Å². The molecule has 4 rings (SSSR count). The van der Waals surface area contributed by atoms with Crippen molar-refractivity contribution in [1.82, 2.24) is 5.32 Å². The Labute approximate surface area is 159 Å². The number of carbonyl (C=O) groups is 1. The Balaban J connectivity index is 1.32. The SMILES string of the molecule is O=C(COc1ccc2cc(Br)ccc2c1)NCc1ccc2c(c1)OCO2. The predicted octanol–water partition coefficient (Wildman–Crippen LogP) is 4.03. The minimum atomic E-state index is -0.182. The number of ether oxygens (including phenoxy) is 3. The summed E-state index contributed by atoms with van der Waals surface area (Å²) in [6.07, 6.45) is 0. The minimum Gasteiger partial charge on any atom is -0.484 e. The Kier molecular flexibility index (Phi) is 4.67. The number of hydrogen-bond donors (Lipinski definition) is 1. The van der Waals surface area contributed by atoms with E-state index in [2.05, 4.69) is 21.2 Å². The zero-order chi connectivity index (χ0) is 17.9. The number of hydrogen-bond acceptors (Lipinski definition) is 4. The molecular formula is C20H16BrNO4. The molecule has 26 heavy (non-hydrogen) atoms. The molecule has 0 spiro atoms. The van der Waals surface area contributed by atoms with Gasteiger partial charge in [0, 0.05) is 11.0 Å². The summed E-state index contributed by atoms with van der Waals surface area (Å²) >= 11 is 3.45. The van der Waals surface area contributed by atoms with E-state index in [0.717, 1.165) is 26.6 Å². The van der Waals surface area contributed by atoms with E-state index < -0.39 is 0 Å². The second kappa shape index (κ2) is 7.25. The fourth-order valence-electron chi connectivity index (χ4n) is 2.74. The molecule has 0 saturated heterocycles. The van der Waals surface area contributed by atoms with Crippen LogP contribution in [0.15, 0.2) is 59.1 Å². The van der Waals surface area contributed by atoms with Crippen LogP contribution in [0.1, 0.15) is 5.56 Å². The molecule has 0 bridgehead atoms. The van der Waals surface area contributed by atoms with E-state index in [4.69, 9.17) is 14.2 Å². The molecule has 1 N–H and O–H groups in total. The molecule has 0 unspecified atom stereocenters. The van der Waals surface area contributed by atoms with Crippen LogP contribution in [0.2, 0.25) is 0 Å². The van der Waals surface area contributed by atoms with Crippen LogP contribution in [0.25, 0.3) is 10.8 Å². The molecule has 1 aliphatic rings. The lowest BCUT2D eigenvalue weighted by Gasteiger charge is -2.09. The third-order valence-corrected chi connectivity index (χ3v) is 4.56. The van der Waals surface area contributed by atoms with Crippen LogP contribution >= 0.6 is 15.9 Å². The molecule has 3 aromatic carbocycles. The molecule has 1 amide bonds. The van der Waals surface area contributed by atoms with Crippen LogP contribution in [-0.2, 0) is 11.3 Å². The van der Waals surface area contributed by atoms with Crippen molar-refractivity contribution in [2.75, 3.05) is 13.4 Å². The van der Waals surface area contributed by atoms with Crippen LogP contribution in [0.3, 0.4) is 0 Å². The Morgan fingerprint density at radius 2 is 1.81 bits per heavy atom. The average molecular weight is 414 g/mol. The largest absolute Gasteiger partial charge is 0.484 e. The van der Waals surface area contributed by atoms with Crippen molar-refractivity contribution in [2.45, 2.75) is 6.54 Å². The highest BCUT2D eigenvalue weighted by atomic mass is 79.9. The van der Waals surface area contributed by atoms with Crippen molar-refractivity contribution in [3.05, 3.63) is 64.6 Å². The Morgan fingerprint density at radius 3 is 2.73 bits per heavy atom. The second-order valence-electron chi connectivity index (χ2n) is 5.91. The summed E-state index contributed by atoms with van der Waals surface area (Å²) < 4.78 is 17.2. The number of benzene rings is 3. The van der Waals surface area contributed by atoms with E-state index >= 15 is 0 Å². The fraction of sp³-hybridized carbons (Fsp3) is 0.150. The minimum absolute atomic E-state index is 0.0351. The van der Waals surface area contributed by atoms with Crippen molar-refractivity contribution in [1.29, 1.82) is 0 Å². The fourth-order valence-corrected chi connectivity index (χ4v) is 3.11. The molecule has 5 nitrogen and oxygen atoms in total. The summed E-state index contributed by atoms with van der Waals surface area (Å²) in [5.74, 6) is 1.92. The van der Waals surface area contributed by atoms with Crippen LogP contribution in [-0.4, -0.2) is 19.3 Å². The van der Waals surface area contributed by atoms with Gasteiger partial charge in [-0.3, -0.25) is 4.79 Å². The third-order valence-electron chi connectivity index (χ3n) is 4.07. The number of halogens is 1. The molecule has 0 radical (unpaired) electrons. The van der Waals surface area contributed by atoms with Crippen LogP contribution in [0.5, 0.6) is 17.2 Å².